The monoisotopic (exact) mass is 333 g/mol. The van der Waals surface area contributed by atoms with Gasteiger partial charge in [0.25, 0.3) is 5.95 Å². The van der Waals surface area contributed by atoms with Gasteiger partial charge in [0.2, 0.25) is 5.89 Å². The number of amidine groups is 1. The van der Waals surface area contributed by atoms with Gasteiger partial charge >= 0.3 is 0 Å². The zero-order valence-corrected chi connectivity index (χ0v) is 13.6. The Bertz CT molecular complexity index is 1020. The van der Waals surface area contributed by atoms with Crippen molar-refractivity contribution in [1.29, 1.82) is 0 Å². The van der Waals surface area contributed by atoms with Crippen LogP contribution in [-0.4, -0.2) is 32.2 Å². The number of imidazole rings is 1. The number of nitrogens with zero attached hydrogens (tertiary/aromatic N) is 7. The molecule has 25 heavy (non-hydrogen) atoms. The summed E-state index contributed by atoms with van der Waals surface area (Å²) in [7, 11) is 0. The zero-order valence-electron chi connectivity index (χ0n) is 13.6. The first kappa shape index (κ1) is 13.2. The number of para-hydroxylation sites is 1. The third-order valence-electron chi connectivity index (χ3n) is 5.13. The summed E-state index contributed by atoms with van der Waals surface area (Å²) in [4.78, 5) is 13.7. The van der Waals surface area contributed by atoms with Crippen molar-refractivity contribution in [2.24, 2.45) is 10.9 Å². The van der Waals surface area contributed by atoms with E-state index < -0.39 is 0 Å². The molecule has 0 bridgehead atoms. The summed E-state index contributed by atoms with van der Waals surface area (Å²) in [6, 6.07) is 8.18. The minimum atomic E-state index is 0.400. The lowest BCUT2D eigenvalue weighted by Gasteiger charge is -2.33. The molecule has 0 N–H and O–H groups in total. The molecule has 0 saturated heterocycles. The van der Waals surface area contributed by atoms with Gasteiger partial charge in [-0.3, -0.25) is 4.57 Å². The second kappa shape index (κ2) is 4.47. The normalized spacial score (nSPS) is 23.2. The highest BCUT2D eigenvalue weighted by atomic mass is 16.5. The highest BCUT2D eigenvalue weighted by molar-refractivity contribution is 6.16. The maximum absolute atomic E-state index is 5.49. The van der Waals surface area contributed by atoms with Crippen molar-refractivity contribution in [3.63, 3.8) is 0 Å². The molecule has 0 amide bonds. The summed E-state index contributed by atoms with van der Waals surface area (Å²) in [5, 5.41) is 8.14. The molecule has 6 rings (SSSR count). The van der Waals surface area contributed by atoms with E-state index in [1.54, 1.807) is 0 Å². The molecule has 1 aromatic carbocycles. The van der Waals surface area contributed by atoms with Crippen molar-refractivity contribution in [1.82, 2.24) is 19.7 Å². The quantitative estimate of drug-likeness (QED) is 0.716. The number of aromatic nitrogens is 4. The lowest BCUT2D eigenvalue weighted by atomic mass is 10.1. The molecule has 2 unspecified atom stereocenters. The number of hydrazine groups is 1. The highest BCUT2D eigenvalue weighted by Gasteiger charge is 2.41. The molecular weight excluding hydrogens is 318 g/mol. The van der Waals surface area contributed by atoms with Crippen LogP contribution in [0.15, 0.2) is 46.3 Å². The standard InChI is InChI=1S/C17H15N7O/c1-10-6-12(10)16-20-17(21-25-16)23-9-19-15-11-4-2-3-5-13(11)22-8-18-7-14(22)24(15)23/h2-5,7-8,10,12H,6,9H2,1H3. The molecule has 4 heterocycles. The van der Waals surface area contributed by atoms with E-state index in [1.807, 2.05) is 34.7 Å². The molecule has 2 aromatic heterocycles. The fourth-order valence-corrected chi connectivity index (χ4v) is 3.61. The number of hydrogen-bond donors (Lipinski definition) is 0. The Balaban J connectivity index is 1.45. The van der Waals surface area contributed by atoms with Crippen LogP contribution in [0.3, 0.4) is 0 Å². The predicted octanol–water partition coefficient (Wildman–Crippen LogP) is 2.34. The van der Waals surface area contributed by atoms with Gasteiger partial charge in [-0.15, -0.1) is 0 Å². The van der Waals surface area contributed by atoms with Crippen LogP contribution in [0.2, 0.25) is 0 Å². The Morgan fingerprint density at radius 2 is 2.12 bits per heavy atom. The Labute approximate surface area is 143 Å². The lowest BCUT2D eigenvalue weighted by Crippen LogP contribution is -2.46. The van der Waals surface area contributed by atoms with Crippen molar-refractivity contribution in [3.05, 3.63) is 48.2 Å². The van der Waals surface area contributed by atoms with Crippen molar-refractivity contribution < 1.29 is 4.52 Å². The van der Waals surface area contributed by atoms with E-state index in [-0.39, 0.29) is 0 Å². The van der Waals surface area contributed by atoms with Crippen LogP contribution in [-0.2, 0) is 0 Å². The summed E-state index contributed by atoms with van der Waals surface area (Å²) in [6.45, 7) is 2.65. The Morgan fingerprint density at radius 1 is 1.24 bits per heavy atom. The summed E-state index contributed by atoms with van der Waals surface area (Å²) < 4.78 is 7.54. The van der Waals surface area contributed by atoms with Crippen molar-refractivity contribution >= 4 is 17.6 Å². The number of rotatable bonds is 2. The molecule has 124 valence electrons. The van der Waals surface area contributed by atoms with Gasteiger partial charge < -0.3 is 4.52 Å². The maximum Gasteiger partial charge on any atom is 0.287 e. The van der Waals surface area contributed by atoms with Crippen LogP contribution < -0.4 is 10.0 Å². The van der Waals surface area contributed by atoms with Crippen LogP contribution in [0.4, 0.5) is 11.8 Å². The van der Waals surface area contributed by atoms with Crippen molar-refractivity contribution in [2.75, 3.05) is 16.7 Å². The van der Waals surface area contributed by atoms with Gasteiger partial charge in [0, 0.05) is 11.5 Å². The lowest BCUT2D eigenvalue weighted by molar-refractivity contribution is 0.375. The van der Waals surface area contributed by atoms with Gasteiger partial charge in [-0.05, 0) is 29.6 Å². The van der Waals surface area contributed by atoms with E-state index in [0.717, 1.165) is 35.2 Å². The Hall–Kier alpha value is -3.16. The largest absolute Gasteiger partial charge is 0.337 e. The Morgan fingerprint density at radius 3 is 3.00 bits per heavy atom. The molecule has 8 heteroatoms. The molecule has 2 aliphatic heterocycles. The second-order valence-corrected chi connectivity index (χ2v) is 6.73. The molecule has 1 saturated carbocycles. The van der Waals surface area contributed by atoms with Crippen LogP contribution >= 0.6 is 0 Å². The average Bonchev–Trinajstić information content (AvgIpc) is 3.12. The first-order valence-electron chi connectivity index (χ1n) is 8.39. The molecule has 2 atom stereocenters. The maximum atomic E-state index is 5.49. The van der Waals surface area contributed by atoms with Crippen LogP contribution in [0.1, 0.15) is 30.7 Å². The fraction of sp³-hybridized carbons (Fsp3) is 0.294. The topological polar surface area (TPSA) is 75.6 Å². The molecule has 3 aromatic rings. The minimum absolute atomic E-state index is 0.400. The molecule has 1 aliphatic carbocycles. The number of aliphatic imine (C=N–C) groups is 1. The van der Waals surface area contributed by atoms with Gasteiger partial charge in [-0.25, -0.2) is 20.0 Å². The summed E-state index contributed by atoms with van der Waals surface area (Å²) in [6.07, 6.45) is 4.76. The zero-order chi connectivity index (χ0) is 16.5. The number of fused-ring (bicyclic) bond motifs is 6. The second-order valence-electron chi connectivity index (χ2n) is 6.73. The SMILES string of the molecule is CC1CC1c1nc(N2CN=C3c4ccccc4-n4cncc4N32)no1. The van der Waals surface area contributed by atoms with E-state index in [1.165, 1.54) is 0 Å². The average molecular weight is 333 g/mol. The third kappa shape index (κ3) is 1.71. The van der Waals surface area contributed by atoms with Gasteiger partial charge in [0.05, 0.1) is 11.9 Å². The number of benzene rings is 1. The van der Waals surface area contributed by atoms with Crippen LogP contribution in [0.25, 0.3) is 5.69 Å². The van der Waals surface area contributed by atoms with E-state index in [4.69, 9.17) is 9.52 Å². The van der Waals surface area contributed by atoms with E-state index in [2.05, 4.69) is 38.7 Å². The van der Waals surface area contributed by atoms with E-state index in [0.29, 0.717) is 24.5 Å². The molecule has 3 aliphatic rings. The first-order chi connectivity index (χ1) is 12.3. The third-order valence-corrected chi connectivity index (χ3v) is 5.13. The minimum Gasteiger partial charge on any atom is -0.337 e. The van der Waals surface area contributed by atoms with Gasteiger partial charge in [0.1, 0.15) is 13.0 Å². The first-order valence-corrected chi connectivity index (χ1v) is 8.39. The summed E-state index contributed by atoms with van der Waals surface area (Å²) >= 11 is 0. The summed E-state index contributed by atoms with van der Waals surface area (Å²) in [5.74, 6) is 4.09. The van der Waals surface area contributed by atoms with Gasteiger partial charge in [0.15, 0.2) is 11.7 Å². The molecule has 0 spiro atoms. The predicted molar refractivity (Wildman–Crippen MR) is 90.7 cm³/mol. The van der Waals surface area contributed by atoms with Gasteiger partial charge in [-0.2, -0.15) is 4.98 Å². The van der Waals surface area contributed by atoms with Crippen molar-refractivity contribution in [2.45, 2.75) is 19.3 Å². The fourth-order valence-electron chi connectivity index (χ4n) is 3.61. The van der Waals surface area contributed by atoms with Crippen LogP contribution in [0, 0.1) is 5.92 Å². The van der Waals surface area contributed by atoms with E-state index in [9.17, 15) is 0 Å². The van der Waals surface area contributed by atoms with Gasteiger partial charge in [-0.1, -0.05) is 19.1 Å². The molecule has 1 fully saturated rings. The molecule has 8 nitrogen and oxygen atoms in total. The summed E-state index contributed by atoms with van der Waals surface area (Å²) in [5.41, 5.74) is 2.14. The smallest absolute Gasteiger partial charge is 0.287 e. The molecule has 0 radical (unpaired) electrons. The Kier molecular flexibility index (Phi) is 2.35. The highest BCUT2D eigenvalue weighted by Crippen LogP contribution is 2.46. The number of hydrogen-bond acceptors (Lipinski definition) is 7. The molecular formula is C17H15N7O. The van der Waals surface area contributed by atoms with Crippen LogP contribution in [0.5, 0.6) is 0 Å². The number of anilines is 2. The van der Waals surface area contributed by atoms with E-state index >= 15 is 0 Å². The van der Waals surface area contributed by atoms with Crippen molar-refractivity contribution in [3.8, 4) is 5.69 Å².